The molecule has 2 rings (SSSR count). The van der Waals surface area contributed by atoms with Gasteiger partial charge < -0.3 is 5.73 Å². The lowest BCUT2D eigenvalue weighted by molar-refractivity contribution is 0.103. The average Bonchev–Trinajstić information content (AvgIpc) is 2.28. The van der Waals surface area contributed by atoms with Gasteiger partial charge in [0.1, 0.15) is 11.6 Å². The van der Waals surface area contributed by atoms with E-state index in [2.05, 4.69) is 15.9 Å². The molecule has 0 spiro atoms. The Balaban J connectivity index is 2.55. The molecular formula is C13H8BrF2NO. The van der Waals surface area contributed by atoms with Gasteiger partial charge in [-0.05, 0) is 30.3 Å². The van der Waals surface area contributed by atoms with Crippen LogP contribution in [0.1, 0.15) is 15.9 Å². The number of hydrogen-bond acceptors (Lipinski definition) is 2. The highest BCUT2D eigenvalue weighted by atomic mass is 79.9. The minimum absolute atomic E-state index is 0.0715. The molecule has 0 aliphatic carbocycles. The zero-order valence-corrected chi connectivity index (χ0v) is 10.7. The molecular weight excluding hydrogens is 304 g/mol. The van der Waals surface area contributed by atoms with Crippen molar-refractivity contribution in [1.82, 2.24) is 0 Å². The smallest absolute Gasteiger partial charge is 0.201 e. The van der Waals surface area contributed by atoms with Gasteiger partial charge in [0, 0.05) is 15.7 Å². The second-order valence-electron chi connectivity index (χ2n) is 3.66. The number of rotatable bonds is 2. The van der Waals surface area contributed by atoms with E-state index in [1.807, 2.05) is 0 Å². The van der Waals surface area contributed by atoms with Crippen LogP contribution in [0.3, 0.4) is 0 Å². The summed E-state index contributed by atoms with van der Waals surface area (Å²) in [4.78, 5) is 12.0. The van der Waals surface area contributed by atoms with Crippen LogP contribution in [0, 0.1) is 11.6 Å². The molecule has 0 saturated heterocycles. The Bertz CT molecular complexity index is 608. The fourth-order valence-corrected chi connectivity index (χ4v) is 1.97. The van der Waals surface area contributed by atoms with Crippen molar-refractivity contribution in [2.75, 3.05) is 5.73 Å². The van der Waals surface area contributed by atoms with Gasteiger partial charge in [0.25, 0.3) is 0 Å². The third kappa shape index (κ3) is 2.26. The van der Waals surface area contributed by atoms with Crippen molar-refractivity contribution in [3.8, 4) is 0 Å². The van der Waals surface area contributed by atoms with E-state index < -0.39 is 23.0 Å². The summed E-state index contributed by atoms with van der Waals surface area (Å²) in [5, 5.41) is 0. The summed E-state index contributed by atoms with van der Waals surface area (Å²) in [6.45, 7) is 0. The zero-order chi connectivity index (χ0) is 13.3. The minimum atomic E-state index is -0.901. The largest absolute Gasteiger partial charge is 0.398 e. The van der Waals surface area contributed by atoms with Crippen molar-refractivity contribution < 1.29 is 13.6 Å². The standard InChI is InChI=1S/C13H8BrF2NO/c14-7-4-5-8(11(17)6-7)13(18)12-9(15)2-1-3-10(12)16/h1-6H,17H2. The summed E-state index contributed by atoms with van der Waals surface area (Å²) < 4.78 is 27.7. The Kier molecular flexibility index (Phi) is 3.43. The molecule has 2 N–H and O–H groups in total. The number of nitrogens with two attached hydrogens (primary N) is 1. The molecule has 0 atom stereocenters. The van der Waals surface area contributed by atoms with Crippen molar-refractivity contribution in [3.63, 3.8) is 0 Å². The predicted molar refractivity (Wildman–Crippen MR) is 68.3 cm³/mol. The molecule has 0 unspecified atom stereocenters. The van der Waals surface area contributed by atoms with E-state index in [0.717, 1.165) is 12.1 Å². The summed E-state index contributed by atoms with van der Waals surface area (Å²) in [5.74, 6) is -2.57. The van der Waals surface area contributed by atoms with Crippen molar-refractivity contribution in [2.45, 2.75) is 0 Å². The highest BCUT2D eigenvalue weighted by molar-refractivity contribution is 9.10. The zero-order valence-electron chi connectivity index (χ0n) is 9.08. The van der Waals surface area contributed by atoms with E-state index in [1.165, 1.54) is 18.2 Å². The number of nitrogen functional groups attached to an aromatic ring is 1. The SMILES string of the molecule is Nc1cc(Br)ccc1C(=O)c1c(F)cccc1F. The molecule has 0 fully saturated rings. The molecule has 0 aromatic heterocycles. The topological polar surface area (TPSA) is 43.1 Å². The van der Waals surface area contributed by atoms with Gasteiger partial charge in [-0.1, -0.05) is 22.0 Å². The highest BCUT2D eigenvalue weighted by Crippen LogP contribution is 2.23. The maximum atomic E-state index is 13.5. The fraction of sp³-hybridized carbons (Fsp3) is 0. The van der Waals surface area contributed by atoms with Crippen molar-refractivity contribution in [2.24, 2.45) is 0 Å². The first-order valence-electron chi connectivity index (χ1n) is 5.04. The Morgan fingerprint density at radius 3 is 2.28 bits per heavy atom. The molecule has 2 aromatic carbocycles. The first-order valence-corrected chi connectivity index (χ1v) is 5.83. The van der Waals surface area contributed by atoms with Crippen LogP contribution >= 0.6 is 15.9 Å². The minimum Gasteiger partial charge on any atom is -0.398 e. The lowest BCUT2D eigenvalue weighted by atomic mass is 10.0. The first-order chi connectivity index (χ1) is 8.50. The molecule has 2 nitrogen and oxygen atoms in total. The van der Waals surface area contributed by atoms with Crippen LogP contribution in [0.5, 0.6) is 0 Å². The van der Waals surface area contributed by atoms with Crippen LogP contribution in [0.2, 0.25) is 0 Å². The maximum Gasteiger partial charge on any atom is 0.201 e. The van der Waals surface area contributed by atoms with Gasteiger partial charge in [0.2, 0.25) is 5.78 Å². The van der Waals surface area contributed by atoms with Crippen LogP contribution < -0.4 is 5.73 Å². The Hall–Kier alpha value is -1.75. The lowest BCUT2D eigenvalue weighted by Crippen LogP contribution is -2.09. The van der Waals surface area contributed by atoms with Gasteiger partial charge in [-0.15, -0.1) is 0 Å². The third-order valence-corrected chi connectivity index (χ3v) is 2.94. The molecule has 18 heavy (non-hydrogen) atoms. The van der Waals surface area contributed by atoms with Crippen molar-refractivity contribution >= 4 is 27.4 Å². The molecule has 5 heteroatoms. The van der Waals surface area contributed by atoms with E-state index >= 15 is 0 Å². The molecule has 0 aliphatic heterocycles. The number of hydrogen-bond donors (Lipinski definition) is 1. The fourth-order valence-electron chi connectivity index (χ4n) is 1.59. The van der Waals surface area contributed by atoms with Crippen LogP contribution in [0.4, 0.5) is 14.5 Å². The van der Waals surface area contributed by atoms with E-state index in [9.17, 15) is 13.6 Å². The molecule has 0 radical (unpaired) electrons. The molecule has 0 heterocycles. The third-order valence-electron chi connectivity index (χ3n) is 2.45. The maximum absolute atomic E-state index is 13.5. The molecule has 0 aliphatic rings. The second-order valence-corrected chi connectivity index (χ2v) is 4.57. The van der Waals surface area contributed by atoms with Crippen LogP contribution in [-0.2, 0) is 0 Å². The number of carbonyl (C=O) groups is 1. The van der Waals surface area contributed by atoms with Gasteiger partial charge in [-0.2, -0.15) is 0 Å². The molecule has 0 saturated carbocycles. The highest BCUT2D eigenvalue weighted by Gasteiger charge is 2.20. The summed E-state index contributed by atoms with van der Waals surface area (Å²) in [5.41, 5.74) is 5.31. The first kappa shape index (κ1) is 12.7. The second kappa shape index (κ2) is 4.86. The van der Waals surface area contributed by atoms with E-state index in [4.69, 9.17) is 5.73 Å². The number of carbonyl (C=O) groups excluding carboxylic acids is 1. The van der Waals surface area contributed by atoms with Crippen LogP contribution in [0.25, 0.3) is 0 Å². The molecule has 0 bridgehead atoms. The Morgan fingerprint density at radius 1 is 1.11 bits per heavy atom. The van der Waals surface area contributed by atoms with Gasteiger partial charge in [0.15, 0.2) is 0 Å². The van der Waals surface area contributed by atoms with E-state index in [-0.39, 0.29) is 11.3 Å². The van der Waals surface area contributed by atoms with E-state index in [0.29, 0.717) is 4.47 Å². The normalized spacial score (nSPS) is 10.4. The average molecular weight is 312 g/mol. The van der Waals surface area contributed by atoms with Gasteiger partial charge in [-0.25, -0.2) is 8.78 Å². The lowest BCUT2D eigenvalue weighted by Gasteiger charge is -2.07. The van der Waals surface area contributed by atoms with Crippen LogP contribution in [-0.4, -0.2) is 5.78 Å². The van der Waals surface area contributed by atoms with Crippen molar-refractivity contribution in [1.29, 1.82) is 0 Å². The molecule has 2 aromatic rings. The Labute approximate surface area is 111 Å². The monoisotopic (exact) mass is 311 g/mol. The summed E-state index contributed by atoms with van der Waals surface area (Å²) in [6, 6.07) is 7.78. The quantitative estimate of drug-likeness (QED) is 0.681. The van der Waals surface area contributed by atoms with Gasteiger partial charge in [0.05, 0.1) is 5.56 Å². The number of anilines is 1. The number of ketones is 1. The number of benzene rings is 2. The van der Waals surface area contributed by atoms with Gasteiger partial charge >= 0.3 is 0 Å². The number of halogens is 3. The summed E-state index contributed by atoms with van der Waals surface area (Å²) in [7, 11) is 0. The van der Waals surface area contributed by atoms with E-state index in [1.54, 1.807) is 6.07 Å². The predicted octanol–water partition coefficient (Wildman–Crippen LogP) is 3.54. The molecule has 0 amide bonds. The Morgan fingerprint density at radius 2 is 1.72 bits per heavy atom. The van der Waals surface area contributed by atoms with Crippen LogP contribution in [0.15, 0.2) is 40.9 Å². The molecule has 92 valence electrons. The summed E-state index contributed by atoms with van der Waals surface area (Å²) in [6.07, 6.45) is 0. The van der Waals surface area contributed by atoms with Gasteiger partial charge in [-0.3, -0.25) is 4.79 Å². The van der Waals surface area contributed by atoms with Crippen molar-refractivity contribution in [3.05, 3.63) is 63.6 Å². The summed E-state index contributed by atoms with van der Waals surface area (Å²) >= 11 is 3.19.